The Bertz CT molecular complexity index is 505. The second-order valence-electron chi connectivity index (χ2n) is 4.75. The van der Waals surface area contributed by atoms with Crippen molar-refractivity contribution in [3.8, 4) is 0 Å². The summed E-state index contributed by atoms with van der Waals surface area (Å²) < 4.78 is 2.31. The van der Waals surface area contributed by atoms with E-state index in [-0.39, 0.29) is 0 Å². The van der Waals surface area contributed by atoms with Crippen molar-refractivity contribution in [1.29, 1.82) is 0 Å². The highest BCUT2D eigenvalue weighted by molar-refractivity contribution is 7.15. The Labute approximate surface area is 111 Å². The molecular weight excluding hydrogens is 244 g/mol. The van der Waals surface area contributed by atoms with Crippen molar-refractivity contribution in [2.24, 2.45) is 0 Å². The van der Waals surface area contributed by atoms with Gasteiger partial charge in [0.25, 0.3) is 0 Å². The molecular formula is C13H18N4S. The fraction of sp³-hybridized carbons (Fsp3) is 0.538. The van der Waals surface area contributed by atoms with E-state index in [1.54, 1.807) is 11.3 Å². The highest BCUT2D eigenvalue weighted by atomic mass is 32.1. The van der Waals surface area contributed by atoms with E-state index in [1.807, 2.05) is 6.20 Å². The van der Waals surface area contributed by atoms with Crippen LogP contribution in [0.1, 0.15) is 29.2 Å². The highest BCUT2D eigenvalue weighted by Crippen LogP contribution is 2.17. The van der Waals surface area contributed by atoms with Crippen molar-refractivity contribution in [1.82, 2.24) is 14.5 Å². The largest absolute Gasteiger partial charge is 0.361 e. The lowest BCUT2D eigenvalue weighted by atomic mass is 10.2. The summed E-state index contributed by atoms with van der Waals surface area (Å²) in [7, 11) is 0. The molecule has 5 heteroatoms. The number of fused-ring (bicyclic) bond motifs is 1. The Morgan fingerprint density at radius 1 is 1.44 bits per heavy atom. The normalized spacial score (nSPS) is 14.5. The number of imidazole rings is 1. The minimum absolute atomic E-state index is 0.906. The van der Waals surface area contributed by atoms with Crippen LogP contribution in [0.2, 0.25) is 0 Å². The predicted molar refractivity (Wildman–Crippen MR) is 74.2 cm³/mol. The Morgan fingerprint density at radius 2 is 2.39 bits per heavy atom. The number of thiazole rings is 1. The van der Waals surface area contributed by atoms with E-state index >= 15 is 0 Å². The lowest BCUT2D eigenvalue weighted by Crippen LogP contribution is -2.08. The van der Waals surface area contributed by atoms with Gasteiger partial charge in [0.2, 0.25) is 0 Å². The van der Waals surface area contributed by atoms with Gasteiger partial charge < -0.3 is 9.88 Å². The molecule has 0 aromatic carbocycles. The van der Waals surface area contributed by atoms with Gasteiger partial charge in [0.15, 0.2) is 5.13 Å². The van der Waals surface area contributed by atoms with Crippen LogP contribution in [0, 0.1) is 6.92 Å². The molecule has 18 heavy (non-hydrogen) atoms. The van der Waals surface area contributed by atoms with E-state index in [0.717, 1.165) is 31.1 Å². The maximum absolute atomic E-state index is 4.69. The van der Waals surface area contributed by atoms with Crippen molar-refractivity contribution in [2.75, 3.05) is 11.9 Å². The molecule has 2 aromatic rings. The predicted octanol–water partition coefficient (Wildman–Crippen LogP) is 2.64. The number of anilines is 1. The number of aromatic nitrogens is 3. The van der Waals surface area contributed by atoms with Crippen LogP contribution in [-0.4, -0.2) is 21.1 Å². The topological polar surface area (TPSA) is 42.7 Å². The molecule has 0 spiro atoms. The van der Waals surface area contributed by atoms with Crippen LogP contribution < -0.4 is 5.32 Å². The standard InChI is InChI=1S/C13H18N4S/c1-10-8-15-13(18-10)14-6-5-11-9-17-7-3-2-4-12(17)16-11/h8-9H,2-7H2,1H3,(H,14,15). The van der Waals surface area contributed by atoms with E-state index < -0.39 is 0 Å². The molecule has 0 aliphatic carbocycles. The molecule has 0 bridgehead atoms. The van der Waals surface area contributed by atoms with Gasteiger partial charge in [0.1, 0.15) is 5.82 Å². The molecule has 3 heterocycles. The molecule has 0 amide bonds. The molecule has 1 N–H and O–H groups in total. The number of hydrogen-bond acceptors (Lipinski definition) is 4. The first-order chi connectivity index (χ1) is 8.81. The van der Waals surface area contributed by atoms with Gasteiger partial charge in [-0.15, -0.1) is 11.3 Å². The van der Waals surface area contributed by atoms with Gasteiger partial charge >= 0.3 is 0 Å². The van der Waals surface area contributed by atoms with E-state index in [2.05, 4.69) is 28.0 Å². The van der Waals surface area contributed by atoms with Crippen LogP contribution in [0.25, 0.3) is 0 Å². The van der Waals surface area contributed by atoms with Gasteiger partial charge in [0, 0.05) is 43.2 Å². The Hall–Kier alpha value is -1.36. The average Bonchev–Trinajstić information content (AvgIpc) is 2.95. The zero-order chi connectivity index (χ0) is 12.4. The van der Waals surface area contributed by atoms with E-state index in [0.29, 0.717) is 0 Å². The Morgan fingerprint density at radius 3 is 3.17 bits per heavy atom. The van der Waals surface area contributed by atoms with Crippen LogP contribution in [0.5, 0.6) is 0 Å². The molecule has 0 atom stereocenters. The molecule has 1 aliphatic heterocycles. The Balaban J connectivity index is 1.55. The molecule has 0 radical (unpaired) electrons. The molecule has 96 valence electrons. The van der Waals surface area contributed by atoms with Crippen LogP contribution in [0.3, 0.4) is 0 Å². The number of nitrogens with one attached hydrogen (secondary N) is 1. The van der Waals surface area contributed by atoms with Gasteiger partial charge in [0.05, 0.1) is 5.69 Å². The van der Waals surface area contributed by atoms with Gasteiger partial charge in [-0.1, -0.05) is 0 Å². The van der Waals surface area contributed by atoms with E-state index in [4.69, 9.17) is 4.98 Å². The van der Waals surface area contributed by atoms with Crippen LogP contribution in [0.4, 0.5) is 5.13 Å². The number of hydrogen-bond donors (Lipinski definition) is 1. The third-order valence-corrected chi connectivity index (χ3v) is 4.11. The first kappa shape index (κ1) is 11.7. The molecule has 1 aliphatic rings. The first-order valence-corrected chi connectivity index (χ1v) is 7.34. The number of aryl methyl sites for hydroxylation is 3. The van der Waals surface area contributed by atoms with Crippen LogP contribution >= 0.6 is 11.3 Å². The molecule has 0 unspecified atom stereocenters. The minimum Gasteiger partial charge on any atom is -0.361 e. The monoisotopic (exact) mass is 262 g/mol. The molecule has 2 aromatic heterocycles. The second-order valence-corrected chi connectivity index (χ2v) is 5.99. The van der Waals surface area contributed by atoms with Crippen LogP contribution in [0.15, 0.2) is 12.4 Å². The molecule has 3 rings (SSSR count). The summed E-state index contributed by atoms with van der Waals surface area (Å²) >= 11 is 1.70. The van der Waals surface area contributed by atoms with E-state index in [1.165, 1.54) is 29.2 Å². The smallest absolute Gasteiger partial charge is 0.182 e. The summed E-state index contributed by atoms with van der Waals surface area (Å²) in [6, 6.07) is 0. The summed E-state index contributed by atoms with van der Waals surface area (Å²) in [6.07, 6.45) is 8.80. The summed E-state index contributed by atoms with van der Waals surface area (Å²) in [4.78, 5) is 10.2. The molecule has 0 fully saturated rings. The molecule has 0 saturated heterocycles. The average molecular weight is 262 g/mol. The zero-order valence-electron chi connectivity index (χ0n) is 10.6. The lowest BCUT2D eigenvalue weighted by Gasteiger charge is -2.11. The second kappa shape index (κ2) is 5.10. The number of nitrogens with zero attached hydrogens (tertiary/aromatic N) is 3. The highest BCUT2D eigenvalue weighted by Gasteiger charge is 2.11. The van der Waals surface area contributed by atoms with Crippen molar-refractivity contribution in [3.05, 3.63) is 28.8 Å². The van der Waals surface area contributed by atoms with Gasteiger partial charge in [-0.2, -0.15) is 0 Å². The first-order valence-electron chi connectivity index (χ1n) is 6.52. The van der Waals surface area contributed by atoms with Crippen molar-refractivity contribution in [3.63, 3.8) is 0 Å². The van der Waals surface area contributed by atoms with E-state index in [9.17, 15) is 0 Å². The maximum Gasteiger partial charge on any atom is 0.182 e. The van der Waals surface area contributed by atoms with Crippen molar-refractivity contribution in [2.45, 2.75) is 39.2 Å². The van der Waals surface area contributed by atoms with Crippen molar-refractivity contribution >= 4 is 16.5 Å². The van der Waals surface area contributed by atoms with Gasteiger partial charge in [-0.25, -0.2) is 9.97 Å². The third kappa shape index (κ3) is 2.56. The van der Waals surface area contributed by atoms with Crippen molar-refractivity contribution < 1.29 is 0 Å². The lowest BCUT2D eigenvalue weighted by molar-refractivity contribution is 0.522. The fourth-order valence-electron chi connectivity index (χ4n) is 2.33. The third-order valence-electron chi connectivity index (χ3n) is 3.24. The maximum atomic E-state index is 4.69. The molecule has 4 nitrogen and oxygen atoms in total. The van der Waals surface area contributed by atoms with Crippen LogP contribution in [-0.2, 0) is 19.4 Å². The van der Waals surface area contributed by atoms with Gasteiger partial charge in [-0.3, -0.25) is 0 Å². The Kier molecular flexibility index (Phi) is 3.32. The minimum atomic E-state index is 0.906. The summed E-state index contributed by atoms with van der Waals surface area (Å²) in [5.41, 5.74) is 1.20. The summed E-state index contributed by atoms with van der Waals surface area (Å²) in [5, 5.41) is 4.36. The zero-order valence-corrected chi connectivity index (χ0v) is 11.5. The number of rotatable bonds is 4. The summed E-state index contributed by atoms with van der Waals surface area (Å²) in [6.45, 7) is 4.12. The summed E-state index contributed by atoms with van der Waals surface area (Å²) in [5.74, 6) is 1.27. The fourth-order valence-corrected chi connectivity index (χ4v) is 3.02. The SMILES string of the molecule is Cc1cnc(NCCc2cn3c(n2)CCCC3)s1. The van der Waals surface area contributed by atoms with Gasteiger partial charge in [-0.05, 0) is 19.8 Å². The molecule has 0 saturated carbocycles. The quantitative estimate of drug-likeness (QED) is 0.921.